The fourth-order valence-corrected chi connectivity index (χ4v) is 0. The maximum atomic E-state index is 5.04. The molecule has 1 radical (unpaired) electrons. The van der Waals surface area contributed by atoms with E-state index in [1.807, 2.05) is 0 Å². The Hall–Kier alpha value is 1.89. The molecule has 6 heteroatoms. The Kier molecular flexibility index (Phi) is 6.91. The standard InChI is InChI=1S/4ClH.F.Sn/h4*1H;;/q;;;;;+4/p-4. The van der Waals surface area contributed by atoms with Crippen LogP contribution in [0.2, 0.25) is 0 Å². The van der Waals surface area contributed by atoms with Crippen LogP contribution in [0, 0.1) is 0 Å². The Morgan fingerprint density at radius 1 is 0.833 bits per heavy atom. The van der Waals surface area contributed by atoms with Gasteiger partial charge < -0.3 is 0 Å². The molecule has 0 aromatic carbocycles. The van der Waals surface area contributed by atoms with Gasteiger partial charge in [-0.1, -0.05) is 0 Å². The summed E-state index contributed by atoms with van der Waals surface area (Å²) in [5.74, 6) is 0. The number of halogens is 5. The van der Waals surface area contributed by atoms with E-state index in [2.05, 4.69) is 0 Å². The molecule has 0 aromatic heterocycles. The average molecular weight is 280 g/mol. The fourth-order valence-electron chi connectivity index (χ4n) is 0. The van der Waals surface area contributed by atoms with Crippen molar-refractivity contribution in [3.63, 3.8) is 0 Å². The monoisotopic (exact) mass is 279 g/mol. The molecule has 0 aliphatic carbocycles. The molecule has 0 N–H and O–H groups in total. The number of rotatable bonds is 0. The van der Waals surface area contributed by atoms with Gasteiger partial charge in [0.05, 0.1) is 0 Å². The largest absolute Gasteiger partial charge is 0 e. The van der Waals surface area contributed by atoms with Gasteiger partial charge in [-0.05, 0) is 0 Å². The van der Waals surface area contributed by atoms with E-state index in [-0.39, 0.29) is 4.70 Å². The van der Waals surface area contributed by atoms with Crippen LogP contribution in [0.5, 0.6) is 0 Å². The van der Waals surface area contributed by atoms with Crippen molar-refractivity contribution in [3.8, 4) is 0 Å². The van der Waals surface area contributed by atoms with Gasteiger partial charge in [-0.25, -0.2) is 0 Å². The van der Waals surface area contributed by atoms with Gasteiger partial charge in [-0.2, -0.15) is 0 Å². The summed E-state index contributed by atoms with van der Waals surface area (Å²) in [6.45, 7) is 0. The maximum absolute atomic E-state index is 5.04. The fraction of sp³-hybridized carbons (Fsp3) is 0. The zero-order valence-corrected chi connectivity index (χ0v) is 8.27. The van der Waals surface area contributed by atoms with Crippen LogP contribution in [0.1, 0.15) is 0 Å². The van der Waals surface area contributed by atoms with Crippen molar-refractivity contribution >= 4 is 49.6 Å². The molecule has 0 saturated heterocycles. The Bertz CT molecular complexity index is 23.0. The van der Waals surface area contributed by atoms with Gasteiger partial charge in [-0.3, -0.25) is 0 Å². The van der Waals surface area contributed by atoms with Gasteiger partial charge in [0, 0.05) is 4.70 Å². The Morgan fingerprint density at radius 3 is 0.833 bits per heavy atom. The van der Waals surface area contributed by atoms with E-state index in [0.29, 0.717) is 0 Å². The van der Waals surface area contributed by atoms with Crippen molar-refractivity contribution in [3.05, 3.63) is 0 Å². The summed E-state index contributed by atoms with van der Waals surface area (Å²) in [7, 11) is 20.1. The molecule has 0 rings (SSSR count). The van der Waals surface area contributed by atoms with Crippen molar-refractivity contribution in [2.24, 2.45) is 0 Å². The van der Waals surface area contributed by atoms with Gasteiger partial charge in [-0.15, -0.1) is 0 Å². The second-order valence-corrected chi connectivity index (χ2v) is 25.9. The molecule has 0 unspecified atom stereocenters. The van der Waals surface area contributed by atoms with Gasteiger partial charge >= 0.3 is 49.6 Å². The van der Waals surface area contributed by atoms with E-state index in [9.17, 15) is 0 Å². The van der Waals surface area contributed by atoms with Crippen LogP contribution < -0.4 is 0 Å². The van der Waals surface area contributed by atoms with Gasteiger partial charge in [0.15, 0.2) is 0 Å². The first-order chi connectivity index (χ1) is 2.00. The molecule has 39 valence electrons. The van der Waals surface area contributed by atoms with E-state index in [4.69, 9.17) is 35.7 Å². The molecule has 0 heterocycles. The summed E-state index contributed by atoms with van der Waals surface area (Å²) in [4.78, 5) is 0. The van der Waals surface area contributed by atoms with Crippen LogP contribution in [0.3, 0.4) is 0 Å². The van der Waals surface area contributed by atoms with Crippen molar-refractivity contribution in [1.82, 2.24) is 0 Å². The van der Waals surface area contributed by atoms with Crippen molar-refractivity contribution < 1.29 is 4.70 Å². The summed E-state index contributed by atoms with van der Waals surface area (Å²) >= 11 is -3.29. The van der Waals surface area contributed by atoms with E-state index < -0.39 is 13.9 Å². The molecule has 0 aromatic rings. The van der Waals surface area contributed by atoms with E-state index in [1.165, 1.54) is 0 Å². The van der Waals surface area contributed by atoms with Crippen LogP contribution in [-0.4, -0.2) is 13.9 Å². The predicted octanol–water partition coefficient (Wildman–Crippen LogP) is 2.80. The Morgan fingerprint density at radius 2 is 0.833 bits per heavy atom. The molecule has 0 bridgehead atoms. The molecule has 0 atom stereocenters. The first-order valence-corrected chi connectivity index (χ1v) is 15.2. The molecule has 0 saturated carbocycles. The first-order valence-electron chi connectivity index (χ1n) is 0.756. The minimum absolute atomic E-state index is 0. The summed E-state index contributed by atoms with van der Waals surface area (Å²) in [5, 5.41) is 0. The average Bonchev–Trinajstić information content (AvgIpc) is 0.722. The summed E-state index contributed by atoms with van der Waals surface area (Å²) in [6.07, 6.45) is 0. The molecule has 0 nitrogen and oxygen atoms in total. The molecule has 6 heavy (non-hydrogen) atoms. The second-order valence-electron chi connectivity index (χ2n) is 0.429. The predicted molar refractivity (Wildman–Crippen MR) is 30.3 cm³/mol. The van der Waals surface area contributed by atoms with Crippen LogP contribution in [-0.2, 0) is 0 Å². The zero-order chi connectivity index (χ0) is 4.50. The quantitative estimate of drug-likeness (QED) is 0.598. The van der Waals surface area contributed by atoms with E-state index in [1.54, 1.807) is 0 Å². The Labute approximate surface area is 53.8 Å². The molecule has 0 amide bonds. The third kappa shape index (κ3) is 39.5. The van der Waals surface area contributed by atoms with Crippen LogP contribution >= 0.6 is 35.7 Å². The van der Waals surface area contributed by atoms with Crippen molar-refractivity contribution in [2.75, 3.05) is 0 Å². The zero-order valence-electron chi connectivity index (χ0n) is 2.39. The van der Waals surface area contributed by atoms with Crippen molar-refractivity contribution in [1.29, 1.82) is 0 Å². The SMILES string of the molecule is [Cl][Sn]([Cl])([Cl])[Cl].[F]. The smallest absolute Gasteiger partial charge is 0 e. The van der Waals surface area contributed by atoms with Crippen LogP contribution in [0.25, 0.3) is 0 Å². The molecular formula is Cl4FSn. The second kappa shape index (κ2) is 3.84. The number of hydrogen-bond acceptors (Lipinski definition) is 0. The molecule has 0 aliphatic heterocycles. The number of hydrogen-bond donors (Lipinski definition) is 0. The molecule has 0 fully saturated rings. The molecule has 0 aliphatic rings. The Balaban J connectivity index is 0. The summed E-state index contributed by atoms with van der Waals surface area (Å²) in [6, 6.07) is 0. The summed E-state index contributed by atoms with van der Waals surface area (Å²) in [5.41, 5.74) is 0. The van der Waals surface area contributed by atoms with Crippen LogP contribution in [0.4, 0.5) is 4.70 Å². The van der Waals surface area contributed by atoms with Crippen molar-refractivity contribution in [2.45, 2.75) is 0 Å². The molecule has 0 spiro atoms. The van der Waals surface area contributed by atoms with E-state index >= 15 is 0 Å². The first kappa shape index (κ1) is 10.8. The summed E-state index contributed by atoms with van der Waals surface area (Å²) < 4.78 is 0. The molecular weight excluding hydrogens is 280 g/mol. The third-order valence-corrected chi connectivity index (χ3v) is 0. The minimum Gasteiger partial charge on any atom is 0 e. The third-order valence-electron chi connectivity index (χ3n) is 0. The maximum Gasteiger partial charge on any atom is 0 e. The minimum atomic E-state index is -3.29. The van der Waals surface area contributed by atoms with Gasteiger partial charge in [0.25, 0.3) is 0 Å². The van der Waals surface area contributed by atoms with Gasteiger partial charge in [0.1, 0.15) is 0 Å². The van der Waals surface area contributed by atoms with E-state index in [0.717, 1.165) is 0 Å². The topological polar surface area (TPSA) is 0 Å². The van der Waals surface area contributed by atoms with Crippen LogP contribution in [0.15, 0.2) is 0 Å². The van der Waals surface area contributed by atoms with Gasteiger partial charge in [0.2, 0.25) is 0 Å². The normalized spacial score (nSPS) is 10.0.